The third kappa shape index (κ3) is 3.42. The molecule has 1 atom stereocenters. The lowest BCUT2D eigenvalue weighted by Gasteiger charge is -2.22. The molecule has 156 valence electrons. The summed E-state index contributed by atoms with van der Waals surface area (Å²) in [5, 5.41) is 0. The van der Waals surface area contributed by atoms with Gasteiger partial charge in [0.25, 0.3) is 0 Å². The Labute approximate surface area is 183 Å². The molecule has 3 aromatic carbocycles. The van der Waals surface area contributed by atoms with E-state index in [1.54, 1.807) is 0 Å². The SMILES string of the molecule is Cc1ccccc1Cn1c(C2CC(=O)N(c3c(C)cccc3C)C2)nc2ccccc21. The Hall–Kier alpha value is -3.40. The van der Waals surface area contributed by atoms with Crippen LogP contribution in [0.3, 0.4) is 0 Å². The standard InChI is InChI=1S/C27H27N3O/c1-18-9-4-5-12-21(18)16-29-24-14-7-6-13-23(24)28-27(29)22-15-25(31)30(17-22)26-19(2)10-8-11-20(26)3/h4-14,22H,15-17H2,1-3H3. The molecular weight excluding hydrogens is 382 g/mol. The van der Waals surface area contributed by atoms with Gasteiger partial charge in [0.1, 0.15) is 5.82 Å². The van der Waals surface area contributed by atoms with Crippen molar-refractivity contribution in [1.82, 2.24) is 9.55 Å². The predicted octanol–water partition coefficient (Wildman–Crippen LogP) is 5.53. The van der Waals surface area contributed by atoms with Crippen LogP contribution in [0, 0.1) is 20.8 Å². The lowest BCUT2D eigenvalue weighted by Crippen LogP contribution is -2.26. The second kappa shape index (κ2) is 7.69. The molecule has 1 saturated heterocycles. The number of benzene rings is 3. The second-order valence-electron chi connectivity index (χ2n) is 8.62. The van der Waals surface area contributed by atoms with Crippen LogP contribution in [0.1, 0.15) is 40.4 Å². The molecule has 1 amide bonds. The van der Waals surface area contributed by atoms with Crippen LogP contribution in [0.15, 0.2) is 66.7 Å². The summed E-state index contributed by atoms with van der Waals surface area (Å²) >= 11 is 0. The lowest BCUT2D eigenvalue weighted by atomic mass is 10.1. The third-order valence-corrected chi connectivity index (χ3v) is 6.47. The fraction of sp³-hybridized carbons (Fsp3) is 0.259. The fourth-order valence-corrected chi connectivity index (χ4v) is 4.86. The molecule has 1 unspecified atom stereocenters. The maximum Gasteiger partial charge on any atom is 0.227 e. The summed E-state index contributed by atoms with van der Waals surface area (Å²) in [6.07, 6.45) is 0.491. The van der Waals surface area contributed by atoms with Crippen LogP contribution in [0.2, 0.25) is 0 Å². The number of fused-ring (bicyclic) bond motifs is 1. The molecule has 0 N–H and O–H groups in total. The second-order valence-corrected chi connectivity index (χ2v) is 8.62. The number of nitrogens with zero attached hydrogens (tertiary/aromatic N) is 3. The molecule has 0 radical (unpaired) electrons. The van der Waals surface area contributed by atoms with E-state index < -0.39 is 0 Å². The molecule has 0 bridgehead atoms. The monoisotopic (exact) mass is 409 g/mol. The molecular formula is C27H27N3O. The summed E-state index contributed by atoms with van der Waals surface area (Å²) in [7, 11) is 0. The minimum absolute atomic E-state index is 0.0722. The maximum absolute atomic E-state index is 13.1. The number of rotatable bonds is 4. The number of hydrogen-bond acceptors (Lipinski definition) is 2. The zero-order valence-corrected chi connectivity index (χ0v) is 18.3. The van der Waals surface area contributed by atoms with Gasteiger partial charge in [-0.25, -0.2) is 4.98 Å². The molecule has 0 aliphatic carbocycles. The van der Waals surface area contributed by atoms with Crippen LogP contribution in [0.5, 0.6) is 0 Å². The first-order chi connectivity index (χ1) is 15.0. The number of aryl methyl sites for hydroxylation is 3. The normalized spacial score (nSPS) is 16.4. The topological polar surface area (TPSA) is 38.1 Å². The van der Waals surface area contributed by atoms with Gasteiger partial charge in [-0.05, 0) is 55.2 Å². The van der Waals surface area contributed by atoms with Crippen molar-refractivity contribution in [2.24, 2.45) is 0 Å². The zero-order valence-electron chi connectivity index (χ0n) is 18.3. The van der Waals surface area contributed by atoms with E-state index >= 15 is 0 Å². The van der Waals surface area contributed by atoms with E-state index in [4.69, 9.17) is 4.98 Å². The molecule has 2 heterocycles. The van der Waals surface area contributed by atoms with Gasteiger partial charge in [0.2, 0.25) is 5.91 Å². The first-order valence-electron chi connectivity index (χ1n) is 10.9. The van der Waals surface area contributed by atoms with Crippen LogP contribution >= 0.6 is 0 Å². The van der Waals surface area contributed by atoms with Gasteiger partial charge in [0.15, 0.2) is 0 Å². The van der Waals surface area contributed by atoms with Gasteiger partial charge in [-0.3, -0.25) is 4.79 Å². The van der Waals surface area contributed by atoms with E-state index in [1.807, 2.05) is 17.0 Å². The molecule has 0 saturated carbocycles. The Morgan fingerprint density at radius 2 is 1.55 bits per heavy atom. The molecule has 31 heavy (non-hydrogen) atoms. The number of carbonyl (C=O) groups is 1. The summed E-state index contributed by atoms with van der Waals surface area (Å²) in [5.74, 6) is 1.26. The zero-order chi connectivity index (χ0) is 21.5. The molecule has 4 nitrogen and oxygen atoms in total. The molecule has 1 aromatic heterocycles. The number of imidazole rings is 1. The average molecular weight is 410 g/mol. The molecule has 0 spiro atoms. The van der Waals surface area contributed by atoms with Crippen LogP contribution in [0.25, 0.3) is 11.0 Å². The van der Waals surface area contributed by atoms with Crippen LogP contribution in [0.4, 0.5) is 5.69 Å². The van der Waals surface area contributed by atoms with Crippen molar-refractivity contribution < 1.29 is 4.79 Å². The van der Waals surface area contributed by atoms with Gasteiger partial charge in [-0.1, -0.05) is 54.6 Å². The van der Waals surface area contributed by atoms with Crippen molar-refractivity contribution in [3.63, 3.8) is 0 Å². The highest BCUT2D eigenvalue weighted by Gasteiger charge is 2.36. The number of hydrogen-bond donors (Lipinski definition) is 0. The van der Waals surface area contributed by atoms with Crippen LogP contribution in [-0.2, 0) is 11.3 Å². The minimum atomic E-state index is 0.0722. The van der Waals surface area contributed by atoms with Gasteiger partial charge >= 0.3 is 0 Å². The first kappa shape index (κ1) is 19.6. The molecule has 1 fully saturated rings. The number of anilines is 1. The van der Waals surface area contributed by atoms with Gasteiger partial charge < -0.3 is 9.47 Å². The molecule has 5 rings (SSSR count). The average Bonchev–Trinajstić information content (AvgIpc) is 3.31. The maximum atomic E-state index is 13.1. The smallest absolute Gasteiger partial charge is 0.227 e. The molecule has 4 aromatic rings. The van der Waals surface area contributed by atoms with Crippen molar-refractivity contribution in [2.75, 3.05) is 11.4 Å². The van der Waals surface area contributed by atoms with Crippen molar-refractivity contribution in [3.8, 4) is 0 Å². The summed E-state index contributed by atoms with van der Waals surface area (Å²) < 4.78 is 2.31. The van der Waals surface area contributed by atoms with Crippen LogP contribution < -0.4 is 4.90 Å². The quantitative estimate of drug-likeness (QED) is 0.444. The van der Waals surface area contributed by atoms with Crippen molar-refractivity contribution >= 4 is 22.6 Å². The minimum Gasteiger partial charge on any atom is -0.323 e. The van der Waals surface area contributed by atoms with E-state index in [0.717, 1.165) is 40.2 Å². The molecule has 1 aliphatic heterocycles. The molecule has 1 aliphatic rings. The highest BCUT2D eigenvalue weighted by molar-refractivity contribution is 5.98. The van der Waals surface area contributed by atoms with E-state index in [0.29, 0.717) is 13.0 Å². The number of aromatic nitrogens is 2. The Bertz CT molecular complexity index is 1270. The van der Waals surface area contributed by atoms with Crippen molar-refractivity contribution in [2.45, 2.75) is 39.7 Å². The highest BCUT2D eigenvalue weighted by Crippen LogP contribution is 2.36. The number of para-hydroxylation sites is 3. The van der Waals surface area contributed by atoms with E-state index in [-0.39, 0.29) is 11.8 Å². The van der Waals surface area contributed by atoms with Gasteiger partial charge in [-0.15, -0.1) is 0 Å². The summed E-state index contributed by atoms with van der Waals surface area (Å²) in [6.45, 7) is 7.74. The fourth-order valence-electron chi connectivity index (χ4n) is 4.86. The van der Waals surface area contributed by atoms with Crippen molar-refractivity contribution in [1.29, 1.82) is 0 Å². The van der Waals surface area contributed by atoms with Gasteiger partial charge in [-0.2, -0.15) is 0 Å². The van der Waals surface area contributed by atoms with E-state index in [1.165, 1.54) is 11.1 Å². The molecule has 4 heteroatoms. The van der Waals surface area contributed by atoms with Gasteiger partial charge in [0.05, 0.1) is 11.0 Å². The van der Waals surface area contributed by atoms with E-state index in [2.05, 4.69) is 79.9 Å². The Morgan fingerprint density at radius 3 is 2.32 bits per heavy atom. The first-order valence-corrected chi connectivity index (χ1v) is 10.9. The third-order valence-electron chi connectivity index (χ3n) is 6.47. The van der Waals surface area contributed by atoms with E-state index in [9.17, 15) is 4.79 Å². The van der Waals surface area contributed by atoms with Crippen molar-refractivity contribution in [3.05, 3.63) is 94.8 Å². The van der Waals surface area contributed by atoms with Gasteiger partial charge in [0, 0.05) is 31.1 Å². The number of carbonyl (C=O) groups excluding carboxylic acids is 1. The predicted molar refractivity (Wildman–Crippen MR) is 126 cm³/mol. The lowest BCUT2D eigenvalue weighted by molar-refractivity contribution is -0.117. The highest BCUT2D eigenvalue weighted by atomic mass is 16.2. The Kier molecular flexibility index (Phi) is 4.85. The summed E-state index contributed by atoms with van der Waals surface area (Å²) in [4.78, 5) is 20.1. The van der Waals surface area contributed by atoms with Crippen LogP contribution in [-0.4, -0.2) is 22.0 Å². The number of amides is 1. The Balaban J connectivity index is 1.56. The summed E-state index contributed by atoms with van der Waals surface area (Å²) in [5.41, 5.74) is 8.00. The summed E-state index contributed by atoms with van der Waals surface area (Å²) in [6, 6.07) is 23.0. The Morgan fingerprint density at radius 1 is 0.871 bits per heavy atom. The largest absolute Gasteiger partial charge is 0.323 e.